The Labute approximate surface area is 140 Å². The third kappa shape index (κ3) is 3.29. The second kappa shape index (κ2) is 6.82. The van der Waals surface area contributed by atoms with Gasteiger partial charge in [0.25, 0.3) is 0 Å². The van der Waals surface area contributed by atoms with E-state index in [1.54, 1.807) is 4.90 Å². The predicted molar refractivity (Wildman–Crippen MR) is 91.7 cm³/mol. The Morgan fingerprint density at radius 3 is 2.96 bits per heavy atom. The molecule has 7 nitrogen and oxygen atoms in total. The molecule has 7 heteroatoms. The van der Waals surface area contributed by atoms with Gasteiger partial charge in [-0.25, -0.2) is 4.79 Å². The van der Waals surface area contributed by atoms with Crippen molar-refractivity contribution in [2.45, 2.75) is 20.3 Å². The number of urea groups is 1. The lowest BCUT2D eigenvalue weighted by Crippen LogP contribution is -2.36. The van der Waals surface area contributed by atoms with Crippen molar-refractivity contribution < 1.29 is 9.59 Å². The zero-order chi connectivity index (χ0) is 17.1. The standard InChI is InChI=1S/C17H21N5O2/c1-3-18-16(23)12-7-8-22(10-12)17(24)19-14-5-4-6-15-13(14)9-11(2)20-21-15/h4-6,9,12H,3,7-8,10H2,1-2H3,(H,18,23)(H,19,24)/t12-/m0/s1. The maximum absolute atomic E-state index is 12.5. The molecule has 1 aliphatic heterocycles. The third-order valence-corrected chi connectivity index (χ3v) is 4.19. The Morgan fingerprint density at radius 1 is 1.33 bits per heavy atom. The second-order valence-corrected chi connectivity index (χ2v) is 5.98. The molecule has 1 fully saturated rings. The number of fused-ring (bicyclic) bond motifs is 1. The van der Waals surface area contributed by atoms with Crippen LogP contribution in [0.25, 0.3) is 10.9 Å². The van der Waals surface area contributed by atoms with E-state index in [9.17, 15) is 9.59 Å². The largest absolute Gasteiger partial charge is 0.356 e. The molecule has 1 atom stereocenters. The van der Waals surface area contributed by atoms with Gasteiger partial charge in [-0.1, -0.05) is 6.07 Å². The maximum atomic E-state index is 12.5. The lowest BCUT2D eigenvalue weighted by Gasteiger charge is -2.18. The van der Waals surface area contributed by atoms with E-state index in [1.807, 2.05) is 38.1 Å². The third-order valence-electron chi connectivity index (χ3n) is 4.19. The molecule has 24 heavy (non-hydrogen) atoms. The van der Waals surface area contributed by atoms with Crippen molar-refractivity contribution in [2.24, 2.45) is 5.92 Å². The number of rotatable bonds is 3. The summed E-state index contributed by atoms with van der Waals surface area (Å²) in [6, 6.07) is 7.25. The summed E-state index contributed by atoms with van der Waals surface area (Å²) in [6.45, 7) is 5.39. The number of aryl methyl sites for hydroxylation is 1. The number of amides is 3. The molecule has 0 saturated carbocycles. The molecule has 1 saturated heterocycles. The number of nitrogens with zero attached hydrogens (tertiary/aromatic N) is 3. The zero-order valence-electron chi connectivity index (χ0n) is 13.9. The normalized spacial score (nSPS) is 17.1. The quantitative estimate of drug-likeness (QED) is 0.902. The molecule has 0 bridgehead atoms. The highest BCUT2D eigenvalue weighted by molar-refractivity contribution is 6.00. The molecule has 1 aromatic carbocycles. The Bertz CT molecular complexity index is 777. The van der Waals surface area contributed by atoms with E-state index in [2.05, 4.69) is 20.8 Å². The van der Waals surface area contributed by atoms with Gasteiger partial charge in [0.1, 0.15) is 0 Å². The van der Waals surface area contributed by atoms with Crippen molar-refractivity contribution >= 4 is 28.5 Å². The molecule has 2 N–H and O–H groups in total. The number of benzene rings is 1. The van der Waals surface area contributed by atoms with E-state index < -0.39 is 0 Å². The van der Waals surface area contributed by atoms with Crippen molar-refractivity contribution in [2.75, 3.05) is 25.0 Å². The lowest BCUT2D eigenvalue weighted by molar-refractivity contribution is -0.124. The van der Waals surface area contributed by atoms with E-state index in [-0.39, 0.29) is 17.9 Å². The number of aromatic nitrogens is 2. The van der Waals surface area contributed by atoms with E-state index in [0.29, 0.717) is 31.7 Å². The van der Waals surface area contributed by atoms with Crippen LogP contribution in [-0.4, -0.2) is 46.7 Å². The Kier molecular flexibility index (Phi) is 4.59. The molecular formula is C17H21N5O2. The fourth-order valence-corrected chi connectivity index (χ4v) is 2.94. The number of hydrogen-bond acceptors (Lipinski definition) is 4. The number of likely N-dealkylation sites (tertiary alicyclic amines) is 1. The molecule has 1 aliphatic rings. The van der Waals surface area contributed by atoms with Gasteiger partial charge in [0.15, 0.2) is 0 Å². The Morgan fingerprint density at radius 2 is 2.17 bits per heavy atom. The second-order valence-electron chi connectivity index (χ2n) is 5.98. The molecule has 3 rings (SSSR count). The van der Waals surface area contributed by atoms with Crippen molar-refractivity contribution in [3.63, 3.8) is 0 Å². The van der Waals surface area contributed by atoms with Crippen LogP contribution in [0.2, 0.25) is 0 Å². The molecular weight excluding hydrogens is 306 g/mol. The highest BCUT2D eigenvalue weighted by atomic mass is 16.2. The average molecular weight is 327 g/mol. The first-order valence-corrected chi connectivity index (χ1v) is 8.15. The first-order valence-electron chi connectivity index (χ1n) is 8.15. The molecule has 0 radical (unpaired) electrons. The zero-order valence-corrected chi connectivity index (χ0v) is 13.9. The fraction of sp³-hybridized carbons (Fsp3) is 0.412. The van der Waals surface area contributed by atoms with Crippen LogP contribution in [0.1, 0.15) is 19.0 Å². The fourth-order valence-electron chi connectivity index (χ4n) is 2.94. The number of nitrogens with one attached hydrogen (secondary N) is 2. The number of carbonyl (C=O) groups excluding carboxylic acids is 2. The number of hydrogen-bond donors (Lipinski definition) is 2. The van der Waals surface area contributed by atoms with Gasteiger partial charge in [0, 0.05) is 25.0 Å². The molecule has 3 amide bonds. The first-order chi connectivity index (χ1) is 11.6. The van der Waals surface area contributed by atoms with Gasteiger partial charge in [-0.3, -0.25) is 4.79 Å². The lowest BCUT2D eigenvalue weighted by atomic mass is 10.1. The van der Waals surface area contributed by atoms with Crippen LogP contribution in [0, 0.1) is 12.8 Å². The van der Waals surface area contributed by atoms with Crippen LogP contribution in [0.15, 0.2) is 24.3 Å². The van der Waals surface area contributed by atoms with E-state index in [4.69, 9.17) is 0 Å². The van der Waals surface area contributed by atoms with Crippen LogP contribution < -0.4 is 10.6 Å². The SMILES string of the molecule is CCNC(=O)[C@H]1CCN(C(=O)Nc2cccc3nnc(C)cc23)C1. The van der Waals surface area contributed by atoms with Crippen molar-refractivity contribution in [3.05, 3.63) is 30.0 Å². The Hall–Kier alpha value is -2.70. The number of anilines is 1. The molecule has 1 aromatic heterocycles. The monoisotopic (exact) mass is 327 g/mol. The van der Waals surface area contributed by atoms with Crippen molar-refractivity contribution in [3.8, 4) is 0 Å². The van der Waals surface area contributed by atoms with Gasteiger partial charge in [-0.15, -0.1) is 0 Å². The summed E-state index contributed by atoms with van der Waals surface area (Å²) in [5.41, 5.74) is 2.23. The van der Waals surface area contributed by atoms with Gasteiger partial charge in [-0.05, 0) is 38.5 Å². The van der Waals surface area contributed by atoms with Crippen molar-refractivity contribution in [1.29, 1.82) is 0 Å². The van der Waals surface area contributed by atoms with Crippen molar-refractivity contribution in [1.82, 2.24) is 20.4 Å². The van der Waals surface area contributed by atoms with Gasteiger partial charge in [0.05, 0.1) is 22.8 Å². The molecule has 2 heterocycles. The minimum absolute atomic E-state index is 0.0175. The van der Waals surface area contributed by atoms with Crippen LogP contribution in [0.5, 0.6) is 0 Å². The number of carbonyl (C=O) groups is 2. The van der Waals surface area contributed by atoms with E-state index >= 15 is 0 Å². The summed E-state index contributed by atoms with van der Waals surface area (Å²) < 4.78 is 0. The highest BCUT2D eigenvalue weighted by Crippen LogP contribution is 2.23. The van der Waals surface area contributed by atoms with Gasteiger partial charge in [-0.2, -0.15) is 10.2 Å². The molecule has 2 aromatic rings. The first kappa shape index (κ1) is 16.2. The summed E-state index contributed by atoms with van der Waals surface area (Å²) in [4.78, 5) is 26.1. The predicted octanol–water partition coefficient (Wildman–Crippen LogP) is 1.93. The highest BCUT2D eigenvalue weighted by Gasteiger charge is 2.30. The minimum atomic E-state index is -0.191. The van der Waals surface area contributed by atoms with Gasteiger partial charge < -0.3 is 15.5 Å². The summed E-state index contributed by atoms with van der Waals surface area (Å²) in [5, 5.41) is 14.8. The van der Waals surface area contributed by atoms with Crippen LogP contribution in [0.4, 0.5) is 10.5 Å². The summed E-state index contributed by atoms with van der Waals surface area (Å²) in [7, 11) is 0. The van der Waals surface area contributed by atoms with Crippen LogP contribution in [-0.2, 0) is 4.79 Å². The summed E-state index contributed by atoms with van der Waals surface area (Å²) in [5.74, 6) is -0.111. The van der Waals surface area contributed by atoms with Gasteiger partial charge >= 0.3 is 6.03 Å². The van der Waals surface area contributed by atoms with E-state index in [0.717, 1.165) is 16.6 Å². The van der Waals surface area contributed by atoms with Crippen LogP contribution >= 0.6 is 0 Å². The molecule has 0 aliphatic carbocycles. The smallest absolute Gasteiger partial charge is 0.321 e. The molecule has 126 valence electrons. The maximum Gasteiger partial charge on any atom is 0.321 e. The molecule has 0 unspecified atom stereocenters. The van der Waals surface area contributed by atoms with Gasteiger partial charge in [0.2, 0.25) is 5.91 Å². The summed E-state index contributed by atoms with van der Waals surface area (Å²) >= 11 is 0. The molecule has 0 spiro atoms. The Balaban J connectivity index is 1.72. The van der Waals surface area contributed by atoms with E-state index in [1.165, 1.54) is 0 Å². The minimum Gasteiger partial charge on any atom is -0.356 e. The van der Waals surface area contributed by atoms with Crippen LogP contribution in [0.3, 0.4) is 0 Å². The summed E-state index contributed by atoms with van der Waals surface area (Å²) in [6.07, 6.45) is 0.694. The average Bonchev–Trinajstić information content (AvgIpc) is 3.06. The topological polar surface area (TPSA) is 87.2 Å².